The monoisotopic (exact) mass is 230 g/mol. The normalized spacial score (nSPS) is 18.0. The zero-order valence-electron chi connectivity index (χ0n) is 9.77. The Morgan fingerprint density at radius 2 is 2.13 bits per heavy atom. The average Bonchev–Trinajstić information content (AvgIpc) is 2.17. The Labute approximate surface area is 98.0 Å². The quantitative estimate of drug-likeness (QED) is 0.537. The molecule has 4 heteroatoms. The zero-order valence-corrected chi connectivity index (χ0v) is 10.6. The first-order valence-corrected chi connectivity index (χ1v) is 6.14. The molecule has 1 saturated carbocycles. The highest BCUT2D eigenvalue weighted by atomic mass is 32.1. The molecule has 0 heterocycles. The first-order valence-electron chi connectivity index (χ1n) is 5.73. The average molecular weight is 230 g/mol. The van der Waals surface area contributed by atoms with Gasteiger partial charge in [0.1, 0.15) is 0 Å². The first kappa shape index (κ1) is 12.7. The molecule has 0 radical (unpaired) electrons. The molecule has 3 nitrogen and oxygen atoms in total. The Morgan fingerprint density at radius 3 is 2.60 bits per heavy atom. The molecule has 0 aromatic rings. The van der Waals surface area contributed by atoms with Gasteiger partial charge in [0, 0.05) is 20.2 Å². The van der Waals surface area contributed by atoms with Crippen molar-refractivity contribution in [2.75, 3.05) is 26.8 Å². The second-order valence-corrected chi connectivity index (χ2v) is 4.72. The summed E-state index contributed by atoms with van der Waals surface area (Å²) >= 11 is 5.18. The van der Waals surface area contributed by atoms with Crippen LogP contribution in [0.25, 0.3) is 0 Å². The molecule has 15 heavy (non-hydrogen) atoms. The summed E-state index contributed by atoms with van der Waals surface area (Å²) in [5, 5.41) is 7.18. The van der Waals surface area contributed by atoms with E-state index in [0.717, 1.165) is 18.2 Å². The van der Waals surface area contributed by atoms with Gasteiger partial charge < -0.3 is 15.4 Å². The maximum Gasteiger partial charge on any atom is 0.166 e. The highest BCUT2D eigenvalue weighted by molar-refractivity contribution is 7.80. The second kappa shape index (κ2) is 6.28. The molecule has 2 N–H and O–H groups in total. The van der Waals surface area contributed by atoms with E-state index in [9.17, 15) is 0 Å². The molecule has 1 aliphatic rings. The van der Waals surface area contributed by atoms with Gasteiger partial charge >= 0.3 is 0 Å². The Kier molecular flexibility index (Phi) is 5.32. The number of hydrogen-bond acceptors (Lipinski definition) is 2. The maximum atomic E-state index is 5.18. The van der Waals surface area contributed by atoms with Crippen molar-refractivity contribution in [1.82, 2.24) is 10.6 Å². The minimum absolute atomic E-state index is 0.521. The third kappa shape index (κ3) is 3.95. The Bertz CT molecular complexity index is 199. The third-order valence-corrected chi connectivity index (χ3v) is 3.67. The van der Waals surface area contributed by atoms with E-state index in [4.69, 9.17) is 17.0 Å². The molecule has 0 unspecified atom stereocenters. The van der Waals surface area contributed by atoms with Crippen molar-refractivity contribution in [3.05, 3.63) is 0 Å². The summed E-state index contributed by atoms with van der Waals surface area (Å²) in [7, 11) is 1.69. The maximum absolute atomic E-state index is 5.18. The molecular weight excluding hydrogens is 208 g/mol. The van der Waals surface area contributed by atoms with E-state index in [2.05, 4.69) is 17.6 Å². The van der Waals surface area contributed by atoms with Crippen LogP contribution >= 0.6 is 12.2 Å². The molecule has 1 rings (SSSR count). The van der Waals surface area contributed by atoms with Crippen molar-refractivity contribution in [2.45, 2.75) is 32.6 Å². The van der Waals surface area contributed by atoms with Crippen LogP contribution in [0.4, 0.5) is 0 Å². The van der Waals surface area contributed by atoms with Gasteiger partial charge in [0.25, 0.3) is 0 Å². The van der Waals surface area contributed by atoms with Crippen molar-refractivity contribution >= 4 is 17.3 Å². The van der Waals surface area contributed by atoms with Gasteiger partial charge in [-0.3, -0.25) is 0 Å². The number of rotatable bonds is 6. The molecule has 0 amide bonds. The molecule has 0 saturated heterocycles. The lowest BCUT2D eigenvalue weighted by Crippen LogP contribution is -2.45. The van der Waals surface area contributed by atoms with Crippen molar-refractivity contribution in [2.24, 2.45) is 5.41 Å². The number of hydrogen-bond donors (Lipinski definition) is 2. The summed E-state index contributed by atoms with van der Waals surface area (Å²) in [4.78, 5) is 0. The Morgan fingerprint density at radius 1 is 1.40 bits per heavy atom. The van der Waals surface area contributed by atoms with Gasteiger partial charge in [-0.1, -0.05) is 13.3 Å². The molecule has 0 spiro atoms. The van der Waals surface area contributed by atoms with Crippen LogP contribution in [0.15, 0.2) is 0 Å². The lowest BCUT2D eigenvalue weighted by molar-refractivity contribution is 0.131. The SMILES string of the molecule is CCC1(CNC(=S)NCCOC)CCC1. The van der Waals surface area contributed by atoms with Gasteiger partial charge in [0.05, 0.1) is 6.61 Å². The predicted molar refractivity (Wildman–Crippen MR) is 67.1 cm³/mol. The summed E-state index contributed by atoms with van der Waals surface area (Å²) < 4.78 is 4.94. The zero-order chi connectivity index (χ0) is 11.1. The molecule has 0 atom stereocenters. The predicted octanol–water partition coefficient (Wildman–Crippen LogP) is 1.68. The fourth-order valence-electron chi connectivity index (χ4n) is 1.93. The Balaban J connectivity index is 2.10. The molecule has 1 aliphatic carbocycles. The van der Waals surface area contributed by atoms with Crippen LogP contribution in [-0.2, 0) is 4.74 Å². The van der Waals surface area contributed by atoms with E-state index in [-0.39, 0.29) is 0 Å². The van der Waals surface area contributed by atoms with Crippen molar-refractivity contribution in [1.29, 1.82) is 0 Å². The lowest BCUT2D eigenvalue weighted by atomic mass is 9.67. The summed E-state index contributed by atoms with van der Waals surface area (Å²) in [5.74, 6) is 0. The number of nitrogens with one attached hydrogen (secondary N) is 2. The summed E-state index contributed by atoms with van der Waals surface area (Å²) in [5.41, 5.74) is 0.521. The van der Waals surface area contributed by atoms with Crippen LogP contribution < -0.4 is 10.6 Å². The highest BCUT2D eigenvalue weighted by Crippen LogP contribution is 2.42. The number of thiocarbonyl (C=S) groups is 1. The fourth-order valence-corrected chi connectivity index (χ4v) is 2.10. The van der Waals surface area contributed by atoms with Crippen LogP contribution in [0.3, 0.4) is 0 Å². The molecule has 0 bridgehead atoms. The van der Waals surface area contributed by atoms with E-state index >= 15 is 0 Å². The highest BCUT2D eigenvalue weighted by Gasteiger charge is 2.34. The molecule has 0 aromatic carbocycles. The molecule has 0 aliphatic heterocycles. The van der Waals surface area contributed by atoms with E-state index < -0.39 is 0 Å². The van der Waals surface area contributed by atoms with Crippen molar-refractivity contribution in [3.63, 3.8) is 0 Å². The standard InChI is InChI=1S/C11H22N2OS/c1-3-11(5-4-6-11)9-13-10(15)12-7-8-14-2/h3-9H2,1-2H3,(H2,12,13,15). The van der Waals surface area contributed by atoms with Gasteiger partial charge in [-0.15, -0.1) is 0 Å². The largest absolute Gasteiger partial charge is 0.383 e. The van der Waals surface area contributed by atoms with E-state index in [1.165, 1.54) is 25.7 Å². The van der Waals surface area contributed by atoms with Crippen LogP contribution in [0, 0.1) is 5.41 Å². The summed E-state index contributed by atoms with van der Waals surface area (Å²) in [6, 6.07) is 0. The molecule has 1 fully saturated rings. The molecule has 0 aromatic heterocycles. The fraction of sp³-hybridized carbons (Fsp3) is 0.909. The van der Waals surface area contributed by atoms with Crippen molar-refractivity contribution < 1.29 is 4.74 Å². The minimum atomic E-state index is 0.521. The van der Waals surface area contributed by atoms with Gasteiger partial charge in [0.2, 0.25) is 0 Å². The third-order valence-electron chi connectivity index (χ3n) is 3.38. The van der Waals surface area contributed by atoms with E-state index in [0.29, 0.717) is 12.0 Å². The smallest absolute Gasteiger partial charge is 0.166 e. The number of methoxy groups -OCH3 is 1. The van der Waals surface area contributed by atoms with Crippen LogP contribution in [0.5, 0.6) is 0 Å². The van der Waals surface area contributed by atoms with Crippen LogP contribution in [0.1, 0.15) is 32.6 Å². The topological polar surface area (TPSA) is 33.3 Å². The molecule has 88 valence electrons. The van der Waals surface area contributed by atoms with Gasteiger partial charge in [-0.2, -0.15) is 0 Å². The molecular formula is C11H22N2OS. The summed E-state index contributed by atoms with van der Waals surface area (Å²) in [6.07, 6.45) is 5.31. The Hall–Kier alpha value is -0.350. The first-order chi connectivity index (χ1) is 7.22. The van der Waals surface area contributed by atoms with E-state index in [1.807, 2.05) is 0 Å². The van der Waals surface area contributed by atoms with Crippen LogP contribution in [-0.4, -0.2) is 31.9 Å². The number of ether oxygens (including phenoxy) is 1. The van der Waals surface area contributed by atoms with Gasteiger partial charge in [-0.05, 0) is 36.9 Å². The minimum Gasteiger partial charge on any atom is -0.383 e. The summed E-state index contributed by atoms with van der Waals surface area (Å²) in [6.45, 7) is 4.76. The lowest BCUT2D eigenvalue weighted by Gasteiger charge is -2.41. The van der Waals surface area contributed by atoms with Gasteiger partial charge in [0.15, 0.2) is 5.11 Å². The second-order valence-electron chi connectivity index (χ2n) is 4.31. The van der Waals surface area contributed by atoms with Gasteiger partial charge in [-0.25, -0.2) is 0 Å². The van der Waals surface area contributed by atoms with Crippen molar-refractivity contribution in [3.8, 4) is 0 Å². The van der Waals surface area contributed by atoms with Crippen LogP contribution in [0.2, 0.25) is 0 Å². The van der Waals surface area contributed by atoms with E-state index in [1.54, 1.807) is 7.11 Å².